The first-order chi connectivity index (χ1) is 10.0. The van der Waals surface area contributed by atoms with Crippen molar-refractivity contribution in [1.29, 1.82) is 5.26 Å². The molecule has 0 unspecified atom stereocenters. The Balaban J connectivity index is 2.01. The monoisotopic (exact) mass is 286 g/mol. The highest BCUT2D eigenvalue weighted by Crippen LogP contribution is 2.21. The molecule has 0 aliphatic carbocycles. The van der Waals surface area contributed by atoms with Crippen LogP contribution in [-0.2, 0) is 0 Å². The molecule has 1 fully saturated rings. The van der Waals surface area contributed by atoms with E-state index in [0.717, 1.165) is 19.5 Å². The summed E-state index contributed by atoms with van der Waals surface area (Å²) >= 11 is 0. The minimum absolute atomic E-state index is 0.119. The predicted octanol–water partition coefficient (Wildman–Crippen LogP) is 2.36. The molecule has 0 radical (unpaired) electrons. The van der Waals surface area contributed by atoms with Gasteiger partial charge in [-0.15, -0.1) is 0 Å². The van der Waals surface area contributed by atoms with Crippen LogP contribution in [0.25, 0.3) is 0 Å². The third-order valence-electron chi connectivity index (χ3n) is 4.12. The Labute approximate surface area is 126 Å². The Hall–Kier alpha value is -2.06. The molecule has 2 amide bonds. The highest BCUT2D eigenvalue weighted by molar-refractivity contribution is 5.89. The van der Waals surface area contributed by atoms with Crippen LogP contribution in [0, 0.1) is 17.2 Å². The molecule has 0 spiro atoms. The van der Waals surface area contributed by atoms with Gasteiger partial charge in [-0.1, -0.05) is 13.0 Å². The fraction of sp³-hybridized carbons (Fsp3) is 0.500. The largest absolute Gasteiger partial charge is 0.324 e. The maximum atomic E-state index is 12.4. The van der Waals surface area contributed by atoms with E-state index in [1.54, 1.807) is 29.2 Å². The topological polar surface area (TPSA) is 59.4 Å². The highest BCUT2D eigenvalue weighted by atomic mass is 16.2. The van der Waals surface area contributed by atoms with Gasteiger partial charge in [0, 0.05) is 25.3 Å². The van der Waals surface area contributed by atoms with Gasteiger partial charge in [-0.25, -0.2) is 4.79 Å². The van der Waals surface area contributed by atoms with Crippen molar-refractivity contribution < 1.29 is 4.79 Å². The molecule has 1 heterocycles. The van der Waals surface area contributed by atoms with Crippen molar-refractivity contribution in [3.8, 4) is 6.07 Å². The second-order valence-corrected chi connectivity index (χ2v) is 5.83. The fourth-order valence-electron chi connectivity index (χ4n) is 2.95. The number of hydrogen-bond donors (Lipinski definition) is 1. The molecule has 1 N–H and O–H groups in total. The van der Waals surface area contributed by atoms with Gasteiger partial charge in [0.05, 0.1) is 11.6 Å². The zero-order valence-electron chi connectivity index (χ0n) is 12.8. The second kappa shape index (κ2) is 6.59. The molecule has 1 aliphatic heterocycles. The number of rotatable bonds is 2. The van der Waals surface area contributed by atoms with E-state index in [9.17, 15) is 4.79 Å². The second-order valence-electron chi connectivity index (χ2n) is 5.83. The summed E-state index contributed by atoms with van der Waals surface area (Å²) < 4.78 is 0. The maximum Gasteiger partial charge on any atom is 0.321 e. The van der Waals surface area contributed by atoms with Crippen LogP contribution < -0.4 is 5.32 Å². The molecule has 2 rings (SSSR count). The van der Waals surface area contributed by atoms with E-state index in [-0.39, 0.29) is 12.1 Å². The number of carbonyl (C=O) groups is 1. The number of benzene rings is 1. The van der Waals surface area contributed by atoms with Gasteiger partial charge >= 0.3 is 6.03 Å². The van der Waals surface area contributed by atoms with Crippen molar-refractivity contribution in [3.05, 3.63) is 29.8 Å². The summed E-state index contributed by atoms with van der Waals surface area (Å²) in [6.07, 6.45) is 0.986. The molecule has 21 heavy (non-hydrogen) atoms. The minimum Gasteiger partial charge on any atom is -0.324 e. The Kier molecular flexibility index (Phi) is 4.81. The molecule has 5 nitrogen and oxygen atoms in total. The lowest BCUT2D eigenvalue weighted by Crippen LogP contribution is -2.50. The smallest absolute Gasteiger partial charge is 0.321 e. The summed E-state index contributed by atoms with van der Waals surface area (Å²) in [5, 5.41) is 11.8. The number of anilines is 1. The van der Waals surface area contributed by atoms with Crippen molar-refractivity contribution in [3.63, 3.8) is 0 Å². The molecule has 1 aromatic rings. The van der Waals surface area contributed by atoms with Gasteiger partial charge in [-0.05, 0) is 44.1 Å². The Bertz CT molecular complexity index is 551. The summed E-state index contributed by atoms with van der Waals surface area (Å²) in [5.74, 6) is 0.449. The van der Waals surface area contributed by atoms with Gasteiger partial charge in [0.1, 0.15) is 0 Å². The molecule has 0 saturated carbocycles. The Morgan fingerprint density at radius 3 is 2.95 bits per heavy atom. The zero-order chi connectivity index (χ0) is 15.4. The normalized spacial score (nSPS) is 22.4. The minimum atomic E-state index is -0.119. The van der Waals surface area contributed by atoms with Gasteiger partial charge in [0.2, 0.25) is 0 Å². The number of urea groups is 1. The zero-order valence-corrected chi connectivity index (χ0v) is 12.8. The van der Waals surface area contributed by atoms with E-state index >= 15 is 0 Å². The first-order valence-electron chi connectivity index (χ1n) is 7.23. The number of piperidine rings is 1. The van der Waals surface area contributed by atoms with Crippen LogP contribution >= 0.6 is 0 Å². The Morgan fingerprint density at radius 1 is 1.52 bits per heavy atom. The van der Waals surface area contributed by atoms with Crippen molar-refractivity contribution in [2.45, 2.75) is 19.4 Å². The molecule has 112 valence electrons. The summed E-state index contributed by atoms with van der Waals surface area (Å²) in [6.45, 7) is 4.20. The van der Waals surface area contributed by atoms with E-state index < -0.39 is 0 Å². The number of likely N-dealkylation sites (tertiary alicyclic amines) is 1. The third kappa shape index (κ3) is 3.73. The maximum absolute atomic E-state index is 12.4. The van der Waals surface area contributed by atoms with Crippen LogP contribution in [0.1, 0.15) is 18.9 Å². The quantitative estimate of drug-likeness (QED) is 0.908. The summed E-state index contributed by atoms with van der Waals surface area (Å²) in [6, 6.07) is 9.18. The van der Waals surface area contributed by atoms with Gasteiger partial charge in [0.25, 0.3) is 0 Å². The van der Waals surface area contributed by atoms with E-state index in [0.29, 0.717) is 17.2 Å². The molecular weight excluding hydrogens is 264 g/mol. The lowest BCUT2D eigenvalue weighted by atomic mass is 9.93. The number of carbonyl (C=O) groups excluding carboxylic acids is 1. The lowest BCUT2D eigenvalue weighted by molar-refractivity contribution is 0.113. The van der Waals surface area contributed by atoms with Crippen LogP contribution in [0.2, 0.25) is 0 Å². The summed E-state index contributed by atoms with van der Waals surface area (Å²) in [5.41, 5.74) is 1.20. The Morgan fingerprint density at radius 2 is 2.29 bits per heavy atom. The van der Waals surface area contributed by atoms with Gasteiger partial charge in [-0.2, -0.15) is 5.26 Å². The number of amides is 2. The molecule has 2 atom stereocenters. The molecule has 0 aromatic heterocycles. The molecular formula is C16H22N4O. The standard InChI is InChI=1S/C16H22N4O/c1-12-11-19(2)8-7-15(12)20(3)16(21)18-14-6-4-5-13(9-14)10-17/h4-6,9,12,15H,7-8,11H2,1-3H3,(H,18,21)/t12-,15+/m0/s1. The molecule has 1 aromatic carbocycles. The lowest BCUT2D eigenvalue weighted by Gasteiger charge is -2.39. The average Bonchev–Trinajstić information content (AvgIpc) is 2.46. The van der Waals surface area contributed by atoms with Crippen molar-refractivity contribution in [1.82, 2.24) is 9.80 Å². The fourth-order valence-corrected chi connectivity index (χ4v) is 2.95. The van der Waals surface area contributed by atoms with E-state index in [4.69, 9.17) is 5.26 Å². The predicted molar refractivity (Wildman–Crippen MR) is 83.0 cm³/mol. The van der Waals surface area contributed by atoms with Crippen LogP contribution in [0.3, 0.4) is 0 Å². The van der Waals surface area contributed by atoms with Gasteiger partial charge < -0.3 is 15.1 Å². The first kappa shape index (κ1) is 15.3. The summed E-state index contributed by atoms with van der Waals surface area (Å²) in [7, 11) is 3.95. The van der Waals surface area contributed by atoms with Crippen LogP contribution in [0.15, 0.2) is 24.3 Å². The number of hydrogen-bond acceptors (Lipinski definition) is 3. The van der Waals surface area contributed by atoms with E-state index in [2.05, 4.69) is 30.3 Å². The number of nitriles is 1. The SMILES string of the molecule is C[C@H]1CN(C)CC[C@H]1N(C)C(=O)Nc1cccc(C#N)c1. The third-order valence-corrected chi connectivity index (χ3v) is 4.12. The first-order valence-corrected chi connectivity index (χ1v) is 7.23. The van der Waals surface area contributed by atoms with Crippen molar-refractivity contribution in [2.75, 3.05) is 32.5 Å². The van der Waals surface area contributed by atoms with Crippen molar-refractivity contribution in [2.24, 2.45) is 5.92 Å². The average molecular weight is 286 g/mol. The highest BCUT2D eigenvalue weighted by Gasteiger charge is 2.29. The van der Waals surface area contributed by atoms with Gasteiger partial charge in [0.15, 0.2) is 0 Å². The van der Waals surface area contributed by atoms with Gasteiger partial charge in [-0.3, -0.25) is 0 Å². The molecule has 0 bridgehead atoms. The van der Waals surface area contributed by atoms with Crippen molar-refractivity contribution >= 4 is 11.7 Å². The number of nitrogens with zero attached hydrogens (tertiary/aromatic N) is 3. The van der Waals surface area contributed by atoms with Crippen LogP contribution in [-0.4, -0.2) is 49.1 Å². The summed E-state index contributed by atoms with van der Waals surface area (Å²) in [4.78, 5) is 16.4. The molecule has 5 heteroatoms. The molecule has 1 saturated heterocycles. The molecule has 1 aliphatic rings. The van der Waals surface area contributed by atoms with E-state index in [1.165, 1.54) is 0 Å². The van der Waals surface area contributed by atoms with E-state index in [1.807, 2.05) is 7.05 Å². The van der Waals surface area contributed by atoms with Crippen LogP contribution in [0.5, 0.6) is 0 Å². The number of nitrogens with one attached hydrogen (secondary N) is 1. The van der Waals surface area contributed by atoms with Crippen LogP contribution in [0.4, 0.5) is 10.5 Å².